The van der Waals surface area contributed by atoms with Crippen molar-refractivity contribution in [3.8, 4) is 0 Å². The van der Waals surface area contributed by atoms with Crippen LogP contribution in [-0.4, -0.2) is 16.8 Å². The molecule has 3 aromatic rings. The van der Waals surface area contributed by atoms with Gasteiger partial charge in [-0.2, -0.15) is 0 Å². The van der Waals surface area contributed by atoms with Crippen molar-refractivity contribution in [3.05, 3.63) is 98.8 Å². The highest BCUT2D eigenvalue weighted by molar-refractivity contribution is 9.10. The standard InChI is InChI=1S/C21H15Br2N3O2/c22-16-6-8-18(9-7-16)25-21(28)19(11-14-3-2-10-24-13-14)26-20(27)15-4-1-5-17(23)12-15/h1-13H,(H,25,28)(H,26,27). The zero-order valence-electron chi connectivity index (χ0n) is 14.5. The van der Waals surface area contributed by atoms with Crippen molar-refractivity contribution in [2.24, 2.45) is 0 Å². The van der Waals surface area contributed by atoms with Crippen LogP contribution in [0.15, 0.2) is 87.7 Å². The maximum atomic E-state index is 12.8. The third kappa shape index (κ3) is 5.61. The molecule has 2 amide bonds. The van der Waals surface area contributed by atoms with E-state index in [1.807, 2.05) is 18.2 Å². The van der Waals surface area contributed by atoms with E-state index >= 15 is 0 Å². The lowest BCUT2D eigenvalue weighted by atomic mass is 10.2. The van der Waals surface area contributed by atoms with E-state index in [2.05, 4.69) is 47.5 Å². The fourth-order valence-corrected chi connectivity index (χ4v) is 3.01. The minimum absolute atomic E-state index is 0.112. The number of benzene rings is 2. The third-order valence-electron chi connectivity index (χ3n) is 3.68. The van der Waals surface area contributed by atoms with E-state index in [0.717, 1.165) is 8.95 Å². The summed E-state index contributed by atoms with van der Waals surface area (Å²) in [4.78, 5) is 29.5. The number of anilines is 1. The van der Waals surface area contributed by atoms with Gasteiger partial charge in [0.1, 0.15) is 5.70 Å². The molecule has 2 N–H and O–H groups in total. The molecular formula is C21H15Br2N3O2. The van der Waals surface area contributed by atoms with Gasteiger partial charge in [0.05, 0.1) is 0 Å². The minimum Gasteiger partial charge on any atom is -0.321 e. The molecule has 0 atom stereocenters. The summed E-state index contributed by atoms with van der Waals surface area (Å²) < 4.78 is 1.68. The van der Waals surface area contributed by atoms with Crippen LogP contribution in [0.25, 0.3) is 6.08 Å². The molecule has 0 saturated heterocycles. The zero-order valence-corrected chi connectivity index (χ0v) is 17.7. The lowest BCUT2D eigenvalue weighted by molar-refractivity contribution is -0.113. The first-order chi connectivity index (χ1) is 13.5. The first-order valence-corrected chi connectivity index (χ1v) is 9.85. The second kappa shape index (κ2) is 9.43. The van der Waals surface area contributed by atoms with E-state index in [4.69, 9.17) is 0 Å². The van der Waals surface area contributed by atoms with Crippen LogP contribution in [0, 0.1) is 0 Å². The second-order valence-corrected chi connectivity index (χ2v) is 7.60. The summed E-state index contributed by atoms with van der Waals surface area (Å²) in [6.07, 6.45) is 4.83. The van der Waals surface area contributed by atoms with Crippen molar-refractivity contribution in [1.82, 2.24) is 10.3 Å². The van der Waals surface area contributed by atoms with Gasteiger partial charge >= 0.3 is 0 Å². The fourth-order valence-electron chi connectivity index (χ4n) is 2.34. The Morgan fingerprint density at radius 2 is 1.71 bits per heavy atom. The predicted molar refractivity (Wildman–Crippen MR) is 117 cm³/mol. The molecule has 0 unspecified atom stereocenters. The smallest absolute Gasteiger partial charge is 0.272 e. The molecule has 0 radical (unpaired) electrons. The molecule has 0 spiro atoms. The van der Waals surface area contributed by atoms with E-state index in [0.29, 0.717) is 16.8 Å². The number of amides is 2. The molecule has 0 aliphatic carbocycles. The Balaban J connectivity index is 1.86. The molecule has 3 rings (SSSR count). The number of hydrogen-bond donors (Lipinski definition) is 2. The largest absolute Gasteiger partial charge is 0.321 e. The topological polar surface area (TPSA) is 71.1 Å². The van der Waals surface area contributed by atoms with Gasteiger partial charge in [0, 0.05) is 32.6 Å². The van der Waals surface area contributed by atoms with Gasteiger partial charge in [-0.1, -0.05) is 44.0 Å². The number of nitrogens with one attached hydrogen (secondary N) is 2. The third-order valence-corrected chi connectivity index (χ3v) is 4.70. The number of halogens is 2. The average Bonchev–Trinajstić information content (AvgIpc) is 2.70. The Morgan fingerprint density at radius 3 is 2.39 bits per heavy atom. The number of nitrogens with zero attached hydrogens (tertiary/aromatic N) is 1. The molecule has 2 aromatic carbocycles. The van der Waals surface area contributed by atoms with Gasteiger partial charge in [0.2, 0.25) is 0 Å². The maximum absolute atomic E-state index is 12.8. The van der Waals surface area contributed by atoms with Crippen LogP contribution in [0.1, 0.15) is 15.9 Å². The van der Waals surface area contributed by atoms with E-state index in [9.17, 15) is 9.59 Å². The Bertz CT molecular complexity index is 1020. The normalized spacial score (nSPS) is 11.0. The molecule has 0 fully saturated rings. The van der Waals surface area contributed by atoms with Crippen molar-refractivity contribution >= 4 is 55.4 Å². The first-order valence-electron chi connectivity index (χ1n) is 8.27. The molecule has 0 aliphatic rings. The van der Waals surface area contributed by atoms with Gasteiger partial charge in [-0.15, -0.1) is 0 Å². The lowest BCUT2D eigenvalue weighted by Crippen LogP contribution is -2.30. The highest BCUT2D eigenvalue weighted by Gasteiger charge is 2.15. The quantitative estimate of drug-likeness (QED) is 0.483. The maximum Gasteiger partial charge on any atom is 0.272 e. The number of carbonyl (C=O) groups is 2. The number of rotatable bonds is 5. The Kier molecular flexibility index (Phi) is 6.73. The van der Waals surface area contributed by atoms with Gasteiger partial charge in [-0.25, -0.2) is 0 Å². The van der Waals surface area contributed by atoms with Crippen LogP contribution in [-0.2, 0) is 4.79 Å². The average molecular weight is 501 g/mol. The monoisotopic (exact) mass is 499 g/mol. The van der Waals surface area contributed by atoms with Crippen LogP contribution in [0.2, 0.25) is 0 Å². The van der Waals surface area contributed by atoms with Crippen LogP contribution in [0.4, 0.5) is 5.69 Å². The van der Waals surface area contributed by atoms with Gasteiger partial charge in [-0.3, -0.25) is 14.6 Å². The van der Waals surface area contributed by atoms with Crippen LogP contribution in [0.5, 0.6) is 0 Å². The summed E-state index contributed by atoms with van der Waals surface area (Å²) in [5, 5.41) is 5.48. The van der Waals surface area contributed by atoms with Gasteiger partial charge in [0.25, 0.3) is 11.8 Å². The first kappa shape index (κ1) is 20.0. The Labute approximate surface area is 179 Å². The SMILES string of the molecule is O=C(Nc1ccc(Br)cc1)C(=Cc1cccnc1)NC(=O)c1cccc(Br)c1. The molecule has 0 saturated carbocycles. The molecular weight excluding hydrogens is 486 g/mol. The molecule has 1 aromatic heterocycles. The van der Waals surface area contributed by atoms with Gasteiger partial charge in [0.15, 0.2) is 0 Å². The van der Waals surface area contributed by atoms with Crippen LogP contribution >= 0.6 is 31.9 Å². The van der Waals surface area contributed by atoms with Crippen molar-refractivity contribution in [2.45, 2.75) is 0 Å². The van der Waals surface area contributed by atoms with Crippen LogP contribution in [0.3, 0.4) is 0 Å². The minimum atomic E-state index is -0.436. The second-order valence-electron chi connectivity index (χ2n) is 5.77. The summed E-state index contributed by atoms with van der Waals surface area (Å²) in [5.74, 6) is -0.822. The van der Waals surface area contributed by atoms with E-state index in [-0.39, 0.29) is 11.6 Å². The van der Waals surface area contributed by atoms with E-state index in [1.54, 1.807) is 60.9 Å². The molecule has 0 aliphatic heterocycles. The lowest BCUT2D eigenvalue weighted by Gasteiger charge is -2.11. The number of hydrogen-bond acceptors (Lipinski definition) is 3. The van der Waals surface area contributed by atoms with Gasteiger partial charge in [-0.05, 0) is 60.2 Å². The Hall–Kier alpha value is -2.77. The summed E-state index contributed by atoms with van der Waals surface area (Å²) >= 11 is 6.70. The zero-order chi connectivity index (χ0) is 19.9. The number of aromatic nitrogens is 1. The summed E-state index contributed by atoms with van der Waals surface area (Å²) in [6.45, 7) is 0. The van der Waals surface area contributed by atoms with E-state index < -0.39 is 5.91 Å². The highest BCUT2D eigenvalue weighted by atomic mass is 79.9. The van der Waals surface area contributed by atoms with Gasteiger partial charge < -0.3 is 10.6 Å². The van der Waals surface area contributed by atoms with E-state index in [1.165, 1.54) is 0 Å². The highest BCUT2D eigenvalue weighted by Crippen LogP contribution is 2.16. The van der Waals surface area contributed by atoms with Crippen molar-refractivity contribution < 1.29 is 9.59 Å². The van der Waals surface area contributed by atoms with Crippen molar-refractivity contribution in [3.63, 3.8) is 0 Å². The molecule has 1 heterocycles. The molecule has 140 valence electrons. The summed E-state index contributed by atoms with van der Waals surface area (Å²) in [6, 6.07) is 17.7. The summed E-state index contributed by atoms with van der Waals surface area (Å²) in [7, 11) is 0. The van der Waals surface area contributed by atoms with Crippen molar-refractivity contribution in [1.29, 1.82) is 0 Å². The predicted octanol–water partition coefficient (Wildman–Crippen LogP) is 5.02. The van der Waals surface area contributed by atoms with Crippen LogP contribution < -0.4 is 10.6 Å². The summed E-state index contributed by atoms with van der Waals surface area (Å²) in [5.41, 5.74) is 1.85. The molecule has 7 heteroatoms. The Morgan fingerprint density at radius 1 is 0.929 bits per heavy atom. The molecule has 5 nitrogen and oxygen atoms in total. The number of carbonyl (C=O) groups excluding carboxylic acids is 2. The number of pyridine rings is 1. The van der Waals surface area contributed by atoms with Crippen molar-refractivity contribution in [2.75, 3.05) is 5.32 Å². The fraction of sp³-hybridized carbons (Fsp3) is 0. The molecule has 0 bridgehead atoms. The molecule has 28 heavy (non-hydrogen) atoms.